The van der Waals surface area contributed by atoms with Gasteiger partial charge in [0.25, 0.3) is 15.8 Å². The van der Waals surface area contributed by atoms with Crippen molar-refractivity contribution in [3.8, 4) is 0 Å². The molecule has 0 atom stereocenters. The van der Waals surface area contributed by atoms with Crippen LogP contribution in [0.15, 0.2) is 64.3 Å². The van der Waals surface area contributed by atoms with Crippen molar-refractivity contribution >= 4 is 43.8 Å². The van der Waals surface area contributed by atoms with Crippen LogP contribution in [0, 0.1) is 10.1 Å². The van der Waals surface area contributed by atoms with Gasteiger partial charge in [0.1, 0.15) is 5.71 Å². The van der Waals surface area contributed by atoms with Crippen molar-refractivity contribution in [2.24, 2.45) is 5.10 Å². The SMILES string of the molecule is [Cr].[NH-]c1ccc2cc(S(=O)(=O)O)ccc2c1N/N=C1/C=CC([N+](=O)[O-])=CC1=O. The Balaban J connectivity index is 0.00000280. The van der Waals surface area contributed by atoms with E-state index in [-0.39, 0.29) is 45.0 Å². The molecule has 0 amide bonds. The summed E-state index contributed by atoms with van der Waals surface area (Å²) in [6.45, 7) is 0. The maximum atomic E-state index is 11.9. The topological polar surface area (TPSA) is 163 Å². The molecule has 0 aliphatic heterocycles. The Bertz CT molecular complexity index is 1190. The van der Waals surface area contributed by atoms with Gasteiger partial charge in [0, 0.05) is 34.5 Å². The van der Waals surface area contributed by atoms with E-state index in [1.165, 1.54) is 36.4 Å². The summed E-state index contributed by atoms with van der Waals surface area (Å²) in [6, 6.07) is 6.69. The van der Waals surface area contributed by atoms with Gasteiger partial charge >= 0.3 is 0 Å². The third-order valence-electron chi connectivity index (χ3n) is 3.73. The molecule has 0 saturated heterocycles. The Labute approximate surface area is 169 Å². The number of rotatable bonds is 4. The predicted octanol–water partition coefficient (Wildman–Crippen LogP) is 2.84. The van der Waals surface area contributed by atoms with E-state index in [0.717, 1.165) is 12.2 Å². The summed E-state index contributed by atoms with van der Waals surface area (Å²) in [5, 5.41) is 15.4. The van der Waals surface area contributed by atoms with E-state index in [1.807, 2.05) is 0 Å². The average molecular weight is 439 g/mol. The monoisotopic (exact) mass is 439 g/mol. The van der Waals surface area contributed by atoms with Crippen molar-refractivity contribution in [3.05, 3.63) is 70.1 Å². The standard InChI is InChI=1S/C16H12N4O6S.Cr/c17-13-5-1-9-7-11(27(24,25)26)3-4-12(9)16(13)19-18-14-6-2-10(20(22)23)8-15(14)21;/h1-8H,(H4,17,18,19,21,24,25,26);/p-1. The second kappa shape index (κ2) is 7.91. The predicted molar refractivity (Wildman–Crippen MR) is 98.0 cm³/mol. The van der Waals surface area contributed by atoms with E-state index in [4.69, 9.17) is 10.3 Å². The summed E-state index contributed by atoms with van der Waals surface area (Å²) >= 11 is 0. The van der Waals surface area contributed by atoms with Gasteiger partial charge in [-0.1, -0.05) is 18.2 Å². The van der Waals surface area contributed by atoms with Crippen LogP contribution in [0.1, 0.15) is 0 Å². The van der Waals surface area contributed by atoms with Gasteiger partial charge in [-0.3, -0.25) is 24.9 Å². The largest absolute Gasteiger partial charge is 0.697 e. The minimum Gasteiger partial charge on any atom is -0.697 e. The Morgan fingerprint density at radius 2 is 1.89 bits per heavy atom. The Hall–Kier alpha value is -3.04. The number of nitrogens with zero attached hydrogens (tertiary/aromatic N) is 2. The zero-order valence-corrected chi connectivity index (χ0v) is 15.9. The number of ketones is 1. The molecule has 0 spiro atoms. The fourth-order valence-corrected chi connectivity index (χ4v) is 2.93. The normalized spacial score (nSPS) is 15.2. The van der Waals surface area contributed by atoms with Crippen molar-refractivity contribution < 1.29 is 40.0 Å². The number of carbonyl (C=O) groups excluding carboxylic acids is 1. The number of fused-ring (bicyclic) bond motifs is 1. The molecular weight excluding hydrogens is 428 g/mol. The second-order valence-electron chi connectivity index (χ2n) is 5.48. The number of hydrogen-bond acceptors (Lipinski definition) is 7. The van der Waals surface area contributed by atoms with E-state index in [2.05, 4.69) is 10.5 Å². The number of benzene rings is 2. The number of hydrazone groups is 1. The molecule has 0 heterocycles. The summed E-state index contributed by atoms with van der Waals surface area (Å²) in [5.74, 6) is -0.669. The smallest absolute Gasteiger partial charge is 0.294 e. The molecule has 2 aromatic carbocycles. The number of allylic oxidation sites excluding steroid dienone is 3. The van der Waals surface area contributed by atoms with E-state index < -0.39 is 20.8 Å². The Morgan fingerprint density at radius 1 is 1.18 bits per heavy atom. The van der Waals surface area contributed by atoms with Gasteiger partial charge in [0.15, 0.2) is 0 Å². The Kier molecular flexibility index (Phi) is 6.01. The van der Waals surface area contributed by atoms with Crippen LogP contribution in [0.25, 0.3) is 16.5 Å². The first kappa shape index (κ1) is 21.3. The molecule has 28 heavy (non-hydrogen) atoms. The molecule has 144 valence electrons. The van der Waals surface area contributed by atoms with Gasteiger partial charge in [-0.05, 0) is 23.6 Å². The molecule has 1 aliphatic rings. The van der Waals surface area contributed by atoms with Crippen LogP contribution >= 0.6 is 0 Å². The van der Waals surface area contributed by atoms with Crippen molar-refractivity contribution in [3.63, 3.8) is 0 Å². The number of hydrogen-bond donors (Lipinski definition) is 2. The molecule has 1 aliphatic carbocycles. The maximum Gasteiger partial charge on any atom is 0.294 e. The molecule has 0 unspecified atom stereocenters. The summed E-state index contributed by atoms with van der Waals surface area (Å²) in [5.41, 5.74) is 10.3. The van der Waals surface area contributed by atoms with Gasteiger partial charge < -0.3 is 5.73 Å². The molecule has 3 N–H and O–H groups in total. The van der Waals surface area contributed by atoms with Crippen molar-refractivity contribution in [1.82, 2.24) is 0 Å². The van der Waals surface area contributed by atoms with E-state index in [0.29, 0.717) is 10.8 Å². The van der Waals surface area contributed by atoms with E-state index >= 15 is 0 Å². The van der Waals surface area contributed by atoms with Crippen molar-refractivity contribution in [2.75, 3.05) is 5.43 Å². The number of carbonyl (C=O) groups is 1. The fraction of sp³-hybridized carbons (Fsp3) is 0. The van der Waals surface area contributed by atoms with Gasteiger partial charge in [-0.25, -0.2) is 0 Å². The first-order valence-electron chi connectivity index (χ1n) is 7.35. The van der Waals surface area contributed by atoms with Crippen LogP contribution in [0.3, 0.4) is 0 Å². The molecule has 10 nitrogen and oxygen atoms in total. The van der Waals surface area contributed by atoms with Gasteiger partial charge in [0.05, 0.1) is 15.9 Å². The van der Waals surface area contributed by atoms with Crippen LogP contribution in [-0.2, 0) is 32.3 Å². The van der Waals surface area contributed by atoms with Gasteiger partial charge in [-0.15, -0.1) is 5.69 Å². The first-order valence-corrected chi connectivity index (χ1v) is 8.79. The molecule has 0 aromatic heterocycles. The van der Waals surface area contributed by atoms with Crippen LogP contribution in [-0.4, -0.2) is 29.4 Å². The molecular formula is C16H11CrN4O6S-. The quantitative estimate of drug-likeness (QED) is 0.320. The van der Waals surface area contributed by atoms with Crippen molar-refractivity contribution in [1.29, 1.82) is 0 Å². The first-order chi connectivity index (χ1) is 12.7. The zero-order chi connectivity index (χ0) is 19.8. The van der Waals surface area contributed by atoms with Crippen LogP contribution < -0.4 is 5.43 Å². The average Bonchev–Trinajstić information content (AvgIpc) is 2.60. The molecule has 0 bridgehead atoms. The minimum absolute atomic E-state index is 0. The minimum atomic E-state index is -4.38. The molecule has 2 aromatic rings. The second-order valence-corrected chi connectivity index (χ2v) is 6.90. The van der Waals surface area contributed by atoms with Gasteiger partial charge in [-0.2, -0.15) is 13.5 Å². The summed E-state index contributed by atoms with van der Waals surface area (Å²) in [4.78, 5) is 21.6. The number of anilines is 1. The number of nitro groups is 1. The van der Waals surface area contributed by atoms with Crippen LogP contribution in [0.2, 0.25) is 0 Å². The van der Waals surface area contributed by atoms with Crippen molar-refractivity contribution in [2.45, 2.75) is 4.90 Å². The summed E-state index contributed by atoms with van der Waals surface area (Å²) < 4.78 is 31.6. The summed E-state index contributed by atoms with van der Waals surface area (Å²) in [6.07, 6.45) is 3.15. The molecule has 12 heteroatoms. The van der Waals surface area contributed by atoms with E-state index in [1.54, 1.807) is 0 Å². The third kappa shape index (κ3) is 4.26. The third-order valence-corrected chi connectivity index (χ3v) is 4.58. The van der Waals surface area contributed by atoms with Crippen LogP contribution in [0.5, 0.6) is 0 Å². The zero-order valence-electron chi connectivity index (χ0n) is 13.8. The van der Waals surface area contributed by atoms with E-state index in [9.17, 15) is 23.3 Å². The molecule has 0 radical (unpaired) electrons. The molecule has 0 fully saturated rings. The molecule has 3 rings (SSSR count). The van der Waals surface area contributed by atoms with Crippen LogP contribution in [0.4, 0.5) is 11.4 Å². The molecule has 0 saturated carbocycles. The maximum absolute atomic E-state index is 11.9. The summed E-state index contributed by atoms with van der Waals surface area (Å²) in [7, 11) is -4.38. The van der Waals surface area contributed by atoms with Gasteiger partial charge in [0.2, 0.25) is 5.78 Å². The fourth-order valence-electron chi connectivity index (χ4n) is 2.41. The Morgan fingerprint density at radius 3 is 2.50 bits per heavy atom. The number of nitrogens with one attached hydrogen (secondary N) is 2.